The van der Waals surface area contributed by atoms with Crippen LogP contribution in [0.3, 0.4) is 0 Å². The lowest BCUT2D eigenvalue weighted by molar-refractivity contribution is -0.117. The van der Waals surface area contributed by atoms with Crippen molar-refractivity contribution < 1.29 is 14.3 Å². The first-order valence-corrected chi connectivity index (χ1v) is 8.25. The number of carbonyl (C=O) groups is 2. The standard InChI is InChI=1S/C16H21BrN2O3/c1-3-4-5-11-9-22-14-7-6-12(17)8-13(14)16(11,10-20)19-15(21)18-2/h6-8,10-11H,3-5,9H2,1-2H3,(H2,18,19,21). The van der Waals surface area contributed by atoms with Crippen molar-refractivity contribution in [3.8, 4) is 5.75 Å². The summed E-state index contributed by atoms with van der Waals surface area (Å²) in [7, 11) is 1.54. The van der Waals surface area contributed by atoms with Gasteiger partial charge in [-0.25, -0.2) is 4.79 Å². The summed E-state index contributed by atoms with van der Waals surface area (Å²) in [4.78, 5) is 24.0. The van der Waals surface area contributed by atoms with Crippen LogP contribution in [0.1, 0.15) is 31.7 Å². The maximum Gasteiger partial charge on any atom is 0.315 e. The molecule has 1 heterocycles. The number of urea groups is 1. The van der Waals surface area contributed by atoms with Gasteiger partial charge in [0.25, 0.3) is 0 Å². The van der Waals surface area contributed by atoms with Crippen molar-refractivity contribution in [1.29, 1.82) is 0 Å². The minimum absolute atomic E-state index is 0.0935. The summed E-state index contributed by atoms with van der Waals surface area (Å²) in [6, 6.07) is 5.15. The van der Waals surface area contributed by atoms with Gasteiger partial charge in [0.05, 0.1) is 6.61 Å². The number of rotatable bonds is 5. The average Bonchev–Trinajstić information content (AvgIpc) is 2.53. The van der Waals surface area contributed by atoms with E-state index in [-0.39, 0.29) is 11.9 Å². The number of nitrogens with one attached hydrogen (secondary N) is 2. The third-order valence-corrected chi connectivity index (χ3v) is 4.60. The maximum absolute atomic E-state index is 12.1. The second-order valence-electron chi connectivity index (χ2n) is 5.48. The number of carbonyl (C=O) groups excluding carboxylic acids is 2. The summed E-state index contributed by atoms with van der Waals surface area (Å²) in [6.07, 6.45) is 3.65. The van der Waals surface area contributed by atoms with E-state index in [2.05, 4.69) is 33.5 Å². The number of amides is 2. The first kappa shape index (κ1) is 16.8. The monoisotopic (exact) mass is 368 g/mol. The summed E-state index contributed by atoms with van der Waals surface area (Å²) in [5.74, 6) is 0.545. The molecule has 22 heavy (non-hydrogen) atoms. The Balaban J connectivity index is 2.50. The Morgan fingerprint density at radius 1 is 1.55 bits per heavy atom. The van der Waals surface area contributed by atoms with Crippen molar-refractivity contribution in [2.75, 3.05) is 13.7 Å². The normalized spacial score (nSPS) is 23.1. The van der Waals surface area contributed by atoms with Crippen LogP contribution >= 0.6 is 15.9 Å². The molecule has 1 aliphatic heterocycles. The Hall–Kier alpha value is -1.56. The fraction of sp³-hybridized carbons (Fsp3) is 0.500. The van der Waals surface area contributed by atoms with E-state index in [9.17, 15) is 9.59 Å². The van der Waals surface area contributed by atoms with E-state index in [1.165, 1.54) is 7.05 Å². The van der Waals surface area contributed by atoms with E-state index >= 15 is 0 Å². The van der Waals surface area contributed by atoms with E-state index in [0.717, 1.165) is 30.0 Å². The number of hydrogen-bond acceptors (Lipinski definition) is 3. The Labute approximate surface area is 138 Å². The van der Waals surface area contributed by atoms with Crippen LogP contribution in [0.4, 0.5) is 4.79 Å². The summed E-state index contributed by atoms with van der Waals surface area (Å²) >= 11 is 3.43. The highest BCUT2D eigenvalue weighted by molar-refractivity contribution is 9.10. The number of ether oxygens (including phenoxy) is 1. The van der Waals surface area contributed by atoms with Crippen molar-refractivity contribution >= 4 is 28.2 Å². The predicted molar refractivity (Wildman–Crippen MR) is 88.0 cm³/mol. The molecule has 2 N–H and O–H groups in total. The summed E-state index contributed by atoms with van der Waals surface area (Å²) in [5, 5.41) is 5.39. The molecular weight excluding hydrogens is 348 g/mol. The van der Waals surface area contributed by atoms with Crippen LogP contribution in [0.25, 0.3) is 0 Å². The number of fused-ring (bicyclic) bond motifs is 1. The molecule has 0 aromatic heterocycles. The quantitative estimate of drug-likeness (QED) is 0.785. The van der Waals surface area contributed by atoms with Gasteiger partial charge in [0.15, 0.2) is 6.29 Å². The first-order chi connectivity index (χ1) is 10.6. The number of halogens is 1. The van der Waals surface area contributed by atoms with Crippen molar-refractivity contribution in [2.24, 2.45) is 5.92 Å². The molecule has 120 valence electrons. The second kappa shape index (κ2) is 7.13. The molecule has 2 amide bonds. The molecule has 1 aromatic carbocycles. The van der Waals surface area contributed by atoms with Crippen LogP contribution in [0.5, 0.6) is 5.75 Å². The van der Waals surface area contributed by atoms with E-state index < -0.39 is 5.54 Å². The van der Waals surface area contributed by atoms with E-state index in [4.69, 9.17) is 4.74 Å². The van der Waals surface area contributed by atoms with Gasteiger partial charge in [-0.3, -0.25) is 0 Å². The molecule has 2 rings (SSSR count). The van der Waals surface area contributed by atoms with Crippen molar-refractivity contribution in [2.45, 2.75) is 31.7 Å². The first-order valence-electron chi connectivity index (χ1n) is 7.46. The van der Waals surface area contributed by atoms with Crippen LogP contribution in [0.2, 0.25) is 0 Å². The SMILES string of the molecule is CCCCC1COc2ccc(Br)cc2C1(C=O)NC(=O)NC. The van der Waals surface area contributed by atoms with E-state index in [1.807, 2.05) is 18.2 Å². The third-order valence-electron chi connectivity index (χ3n) is 4.11. The van der Waals surface area contributed by atoms with Gasteiger partial charge in [-0.05, 0) is 24.6 Å². The largest absolute Gasteiger partial charge is 0.493 e. The number of benzene rings is 1. The van der Waals surface area contributed by atoms with Crippen molar-refractivity contribution in [1.82, 2.24) is 10.6 Å². The molecule has 0 radical (unpaired) electrons. The number of hydrogen-bond donors (Lipinski definition) is 2. The molecule has 2 unspecified atom stereocenters. The van der Waals surface area contributed by atoms with E-state index in [1.54, 1.807) is 0 Å². The van der Waals surface area contributed by atoms with Gasteiger partial charge in [0.1, 0.15) is 11.3 Å². The van der Waals surface area contributed by atoms with Gasteiger partial charge in [-0.2, -0.15) is 0 Å². The molecule has 0 saturated carbocycles. The van der Waals surface area contributed by atoms with E-state index in [0.29, 0.717) is 17.9 Å². The molecule has 5 nitrogen and oxygen atoms in total. The number of aldehydes is 1. The van der Waals surface area contributed by atoms with Crippen LogP contribution in [0, 0.1) is 5.92 Å². The van der Waals surface area contributed by atoms with Gasteiger partial charge in [0.2, 0.25) is 0 Å². The lowest BCUT2D eigenvalue weighted by Crippen LogP contribution is -2.58. The highest BCUT2D eigenvalue weighted by atomic mass is 79.9. The second-order valence-corrected chi connectivity index (χ2v) is 6.40. The zero-order chi connectivity index (χ0) is 16.2. The Morgan fingerprint density at radius 2 is 2.32 bits per heavy atom. The zero-order valence-electron chi connectivity index (χ0n) is 12.8. The summed E-state index contributed by atoms with van der Waals surface area (Å²) in [5.41, 5.74) is -0.361. The molecule has 0 saturated heterocycles. The van der Waals surface area contributed by atoms with Crippen LogP contribution in [-0.2, 0) is 10.3 Å². The predicted octanol–water partition coefficient (Wildman–Crippen LogP) is 2.97. The van der Waals surface area contributed by atoms with Gasteiger partial charge in [-0.15, -0.1) is 0 Å². The lowest BCUT2D eigenvalue weighted by Gasteiger charge is -2.41. The smallest absolute Gasteiger partial charge is 0.315 e. The minimum Gasteiger partial charge on any atom is -0.493 e. The molecule has 2 atom stereocenters. The highest BCUT2D eigenvalue weighted by Crippen LogP contribution is 2.42. The maximum atomic E-state index is 12.1. The van der Waals surface area contributed by atoms with Gasteiger partial charge >= 0.3 is 6.03 Å². The van der Waals surface area contributed by atoms with Gasteiger partial charge in [-0.1, -0.05) is 35.7 Å². The molecule has 0 aliphatic carbocycles. The molecule has 0 spiro atoms. The Kier molecular flexibility index (Phi) is 5.45. The minimum atomic E-state index is -1.06. The molecule has 0 fully saturated rings. The number of unbranched alkanes of at least 4 members (excludes halogenated alkanes) is 1. The molecule has 0 bridgehead atoms. The molecule has 6 heteroatoms. The Morgan fingerprint density at radius 3 is 2.95 bits per heavy atom. The molecule has 1 aromatic rings. The van der Waals surface area contributed by atoms with Gasteiger partial charge in [0, 0.05) is 23.0 Å². The fourth-order valence-corrected chi connectivity index (χ4v) is 3.22. The fourth-order valence-electron chi connectivity index (χ4n) is 2.86. The van der Waals surface area contributed by atoms with Crippen LogP contribution in [-0.4, -0.2) is 26.0 Å². The van der Waals surface area contributed by atoms with Crippen LogP contribution < -0.4 is 15.4 Å². The third kappa shape index (κ3) is 3.11. The van der Waals surface area contributed by atoms with Crippen molar-refractivity contribution in [3.63, 3.8) is 0 Å². The van der Waals surface area contributed by atoms with Gasteiger partial charge < -0.3 is 20.2 Å². The average molecular weight is 369 g/mol. The van der Waals surface area contributed by atoms with Crippen molar-refractivity contribution in [3.05, 3.63) is 28.2 Å². The summed E-state index contributed by atoms with van der Waals surface area (Å²) in [6.45, 7) is 2.51. The molecular formula is C16H21BrN2O3. The van der Waals surface area contributed by atoms with Crippen LogP contribution in [0.15, 0.2) is 22.7 Å². The topological polar surface area (TPSA) is 67.4 Å². The zero-order valence-corrected chi connectivity index (χ0v) is 14.4. The Bertz CT molecular complexity index is 564. The summed E-state index contributed by atoms with van der Waals surface area (Å²) < 4.78 is 6.65. The lowest BCUT2D eigenvalue weighted by atomic mass is 9.75. The highest BCUT2D eigenvalue weighted by Gasteiger charge is 2.46. The molecule has 1 aliphatic rings.